The van der Waals surface area contributed by atoms with Gasteiger partial charge in [-0.15, -0.1) is 22.7 Å². The summed E-state index contributed by atoms with van der Waals surface area (Å²) in [7, 11) is 0. The fraction of sp³-hybridized carbons (Fsp3) is 0.611. The molecule has 7 heteroatoms. The van der Waals surface area contributed by atoms with Crippen LogP contribution in [0.2, 0.25) is 0 Å². The van der Waals surface area contributed by atoms with Gasteiger partial charge in [0.25, 0.3) is 0 Å². The number of nitrogens with zero attached hydrogens (tertiary/aromatic N) is 4. The predicted molar refractivity (Wildman–Crippen MR) is 101 cm³/mol. The number of likely N-dealkylation sites (tertiary alicyclic amines) is 2. The Morgan fingerprint density at radius 2 is 2.08 bits per heavy atom. The highest BCUT2D eigenvalue weighted by molar-refractivity contribution is 7.09. The molecule has 2 aliphatic rings. The van der Waals surface area contributed by atoms with Gasteiger partial charge in [-0.3, -0.25) is 9.69 Å². The Balaban J connectivity index is 1.66. The van der Waals surface area contributed by atoms with Crippen LogP contribution in [0.3, 0.4) is 0 Å². The Labute approximate surface area is 156 Å². The first-order chi connectivity index (χ1) is 12.1. The minimum Gasteiger partial charge on any atom is -0.340 e. The number of hydrogen-bond donors (Lipinski definition) is 0. The average Bonchev–Trinajstić information content (AvgIpc) is 3.32. The van der Waals surface area contributed by atoms with Gasteiger partial charge in [0, 0.05) is 54.7 Å². The highest BCUT2D eigenvalue weighted by atomic mass is 32.1. The van der Waals surface area contributed by atoms with Crippen LogP contribution >= 0.6 is 22.7 Å². The van der Waals surface area contributed by atoms with Crippen LogP contribution in [0, 0.1) is 5.41 Å². The van der Waals surface area contributed by atoms with Gasteiger partial charge in [0.15, 0.2) is 0 Å². The minimum absolute atomic E-state index is 0.196. The van der Waals surface area contributed by atoms with E-state index in [1.807, 2.05) is 23.2 Å². The molecule has 0 unspecified atom stereocenters. The molecule has 2 fully saturated rings. The molecular weight excluding hydrogens is 352 g/mol. The van der Waals surface area contributed by atoms with E-state index in [1.54, 1.807) is 22.7 Å². The SMILES string of the molecule is CC(C)N1CCC[C@@]2(CN(Cc3nccs3)C[C@H]2c2nccs2)C1=O. The second-order valence-electron chi connectivity index (χ2n) is 7.37. The number of piperidine rings is 1. The number of amides is 1. The molecular formula is C18H24N4OS2. The minimum atomic E-state index is -0.322. The zero-order valence-electron chi connectivity index (χ0n) is 14.7. The summed E-state index contributed by atoms with van der Waals surface area (Å²) < 4.78 is 0. The van der Waals surface area contributed by atoms with Crippen LogP contribution in [0.25, 0.3) is 0 Å². The van der Waals surface area contributed by atoms with Crippen molar-refractivity contribution < 1.29 is 4.79 Å². The van der Waals surface area contributed by atoms with Crippen LogP contribution in [-0.2, 0) is 11.3 Å². The van der Waals surface area contributed by atoms with E-state index < -0.39 is 0 Å². The second kappa shape index (κ2) is 6.78. The molecule has 4 rings (SSSR count). The molecule has 2 atom stereocenters. The van der Waals surface area contributed by atoms with Crippen molar-refractivity contribution in [2.45, 2.75) is 45.2 Å². The fourth-order valence-corrected chi connectivity index (χ4v) is 5.90. The van der Waals surface area contributed by atoms with E-state index in [0.29, 0.717) is 5.91 Å². The lowest BCUT2D eigenvalue weighted by molar-refractivity contribution is -0.148. The van der Waals surface area contributed by atoms with Crippen LogP contribution in [0.15, 0.2) is 23.2 Å². The number of carbonyl (C=O) groups excluding carboxylic acids is 1. The maximum atomic E-state index is 13.5. The molecule has 134 valence electrons. The van der Waals surface area contributed by atoms with Gasteiger partial charge in [-0.25, -0.2) is 9.97 Å². The number of aromatic nitrogens is 2. The van der Waals surface area contributed by atoms with Gasteiger partial charge >= 0.3 is 0 Å². The molecule has 0 radical (unpaired) electrons. The standard InChI is InChI=1S/C18H24N4OS2/c1-13(2)22-7-3-4-18(17(22)23)12-21(11-15-19-5-8-24-15)10-14(18)16-20-6-9-25-16/h5-6,8-9,13-14H,3-4,7,10-12H2,1-2H3/t14-,18-/m0/s1. The molecule has 0 N–H and O–H groups in total. The third-order valence-corrected chi connectivity index (χ3v) is 7.19. The summed E-state index contributed by atoms with van der Waals surface area (Å²) in [6, 6.07) is 0.259. The van der Waals surface area contributed by atoms with Gasteiger partial charge in [0.2, 0.25) is 5.91 Å². The first-order valence-electron chi connectivity index (χ1n) is 8.91. The third kappa shape index (κ3) is 3.02. The molecule has 4 heterocycles. The third-order valence-electron chi connectivity index (χ3n) is 5.54. The van der Waals surface area contributed by atoms with E-state index in [0.717, 1.165) is 49.0 Å². The monoisotopic (exact) mass is 376 g/mol. The van der Waals surface area contributed by atoms with Crippen LogP contribution in [0.5, 0.6) is 0 Å². The van der Waals surface area contributed by atoms with Crippen LogP contribution in [-0.4, -0.2) is 51.4 Å². The molecule has 25 heavy (non-hydrogen) atoms. The second-order valence-corrected chi connectivity index (χ2v) is 9.28. The lowest BCUT2D eigenvalue weighted by Crippen LogP contribution is -2.54. The Morgan fingerprint density at radius 3 is 2.76 bits per heavy atom. The van der Waals surface area contributed by atoms with Crippen molar-refractivity contribution in [1.82, 2.24) is 19.8 Å². The van der Waals surface area contributed by atoms with Crippen molar-refractivity contribution in [1.29, 1.82) is 0 Å². The maximum absolute atomic E-state index is 13.5. The predicted octanol–water partition coefficient (Wildman–Crippen LogP) is 3.22. The van der Waals surface area contributed by atoms with E-state index in [4.69, 9.17) is 0 Å². The van der Waals surface area contributed by atoms with Crippen molar-refractivity contribution in [3.05, 3.63) is 33.2 Å². The van der Waals surface area contributed by atoms with Crippen molar-refractivity contribution in [3.63, 3.8) is 0 Å². The van der Waals surface area contributed by atoms with E-state index >= 15 is 0 Å². The summed E-state index contributed by atoms with van der Waals surface area (Å²) in [5, 5.41) is 6.28. The highest BCUT2D eigenvalue weighted by Crippen LogP contribution is 2.50. The number of thiazole rings is 2. The quantitative estimate of drug-likeness (QED) is 0.822. The van der Waals surface area contributed by atoms with Crippen molar-refractivity contribution in [2.75, 3.05) is 19.6 Å². The highest BCUT2D eigenvalue weighted by Gasteiger charge is 2.56. The summed E-state index contributed by atoms with van der Waals surface area (Å²) >= 11 is 3.38. The zero-order valence-corrected chi connectivity index (χ0v) is 16.4. The number of hydrogen-bond acceptors (Lipinski definition) is 6. The molecule has 2 aromatic rings. The lowest BCUT2D eigenvalue weighted by atomic mass is 9.71. The molecule has 2 aromatic heterocycles. The summed E-state index contributed by atoms with van der Waals surface area (Å²) in [4.78, 5) is 27.0. The molecule has 5 nitrogen and oxygen atoms in total. The van der Waals surface area contributed by atoms with E-state index in [9.17, 15) is 4.79 Å². The van der Waals surface area contributed by atoms with Gasteiger partial charge in [-0.1, -0.05) is 0 Å². The van der Waals surface area contributed by atoms with Gasteiger partial charge in [-0.05, 0) is 26.7 Å². The van der Waals surface area contributed by atoms with Crippen LogP contribution < -0.4 is 0 Å². The summed E-state index contributed by atoms with van der Waals surface area (Å²) in [6.45, 7) is 7.67. The molecule has 2 saturated heterocycles. The van der Waals surface area contributed by atoms with Crippen molar-refractivity contribution in [3.8, 4) is 0 Å². The Hall–Kier alpha value is -1.31. The summed E-state index contributed by atoms with van der Waals surface area (Å²) in [5.74, 6) is 0.525. The van der Waals surface area contributed by atoms with E-state index in [1.165, 1.54) is 0 Å². The maximum Gasteiger partial charge on any atom is 0.231 e. The van der Waals surface area contributed by atoms with Crippen molar-refractivity contribution in [2.24, 2.45) is 5.41 Å². The van der Waals surface area contributed by atoms with Crippen LogP contribution in [0.1, 0.15) is 42.6 Å². The lowest BCUT2D eigenvalue weighted by Gasteiger charge is -2.43. The molecule has 2 aliphatic heterocycles. The van der Waals surface area contributed by atoms with Gasteiger partial charge in [0.05, 0.1) is 17.0 Å². The molecule has 0 saturated carbocycles. The molecule has 1 spiro atoms. The van der Waals surface area contributed by atoms with E-state index in [2.05, 4.69) is 33.6 Å². The Kier molecular flexibility index (Phi) is 4.64. The molecule has 0 aromatic carbocycles. The van der Waals surface area contributed by atoms with Gasteiger partial charge in [-0.2, -0.15) is 0 Å². The normalized spacial score (nSPS) is 27.7. The number of rotatable bonds is 4. The summed E-state index contributed by atoms with van der Waals surface area (Å²) in [5.41, 5.74) is -0.322. The molecule has 0 aliphatic carbocycles. The topological polar surface area (TPSA) is 49.3 Å². The van der Waals surface area contributed by atoms with Gasteiger partial charge in [0.1, 0.15) is 5.01 Å². The molecule has 1 amide bonds. The van der Waals surface area contributed by atoms with Crippen LogP contribution in [0.4, 0.5) is 0 Å². The fourth-order valence-electron chi connectivity index (χ4n) is 4.39. The Bertz CT molecular complexity index is 716. The first-order valence-corrected chi connectivity index (χ1v) is 10.7. The average molecular weight is 377 g/mol. The smallest absolute Gasteiger partial charge is 0.231 e. The van der Waals surface area contributed by atoms with Gasteiger partial charge < -0.3 is 4.90 Å². The Morgan fingerprint density at radius 1 is 1.28 bits per heavy atom. The summed E-state index contributed by atoms with van der Waals surface area (Å²) in [6.07, 6.45) is 5.77. The van der Waals surface area contributed by atoms with Crippen molar-refractivity contribution >= 4 is 28.6 Å². The van der Waals surface area contributed by atoms with E-state index in [-0.39, 0.29) is 17.4 Å². The number of carbonyl (C=O) groups is 1. The molecule has 0 bridgehead atoms. The largest absolute Gasteiger partial charge is 0.340 e. The first kappa shape index (κ1) is 17.1. The zero-order chi connectivity index (χ0) is 17.4.